The molecule has 6 heteroatoms. The molecule has 0 saturated heterocycles. The van der Waals surface area contributed by atoms with Gasteiger partial charge in [-0.15, -0.1) is 0 Å². The second-order valence-electron chi connectivity index (χ2n) is 5.31. The zero-order valence-electron chi connectivity index (χ0n) is 11.9. The summed E-state index contributed by atoms with van der Waals surface area (Å²) in [5, 5.41) is 0. The minimum absolute atomic E-state index is 0.322. The molecule has 2 aromatic rings. The third kappa shape index (κ3) is 3.33. The number of oxazole rings is 1. The van der Waals surface area contributed by atoms with Crippen LogP contribution in [-0.2, 0) is 35.8 Å². The molecule has 112 valence electrons. The second-order valence-corrected chi connectivity index (χ2v) is 7.29. The van der Waals surface area contributed by atoms with Crippen LogP contribution in [0.1, 0.15) is 22.9 Å². The summed E-state index contributed by atoms with van der Waals surface area (Å²) in [7, 11) is -3.16. The van der Waals surface area contributed by atoms with Crippen LogP contribution in [0, 0.1) is 0 Å². The molecule has 1 aliphatic heterocycles. The molecule has 1 aromatic carbocycles. The number of aromatic nitrogens is 1. The summed E-state index contributed by atoms with van der Waals surface area (Å²) in [6.07, 6.45) is 3.43. The van der Waals surface area contributed by atoms with Gasteiger partial charge in [-0.3, -0.25) is 0 Å². The van der Waals surface area contributed by atoms with Gasteiger partial charge in [0.2, 0.25) is 10.0 Å². The molecule has 1 aromatic heterocycles. The van der Waals surface area contributed by atoms with Crippen molar-refractivity contribution in [1.82, 2.24) is 9.29 Å². The molecule has 21 heavy (non-hydrogen) atoms. The SMILES string of the molecule is CS(=O)(=O)N1CCc2oc(CCc3ccccc3)nc2C1. The number of hydrogen-bond acceptors (Lipinski definition) is 4. The summed E-state index contributed by atoms with van der Waals surface area (Å²) in [5.41, 5.74) is 2.00. The van der Waals surface area contributed by atoms with Gasteiger partial charge in [-0.05, 0) is 12.0 Å². The molecule has 1 aliphatic rings. The first-order valence-electron chi connectivity index (χ1n) is 6.99. The third-order valence-electron chi connectivity index (χ3n) is 3.68. The van der Waals surface area contributed by atoms with Gasteiger partial charge >= 0.3 is 0 Å². The average Bonchev–Trinajstić information content (AvgIpc) is 2.87. The Bertz CT molecular complexity index is 723. The number of nitrogens with zero attached hydrogens (tertiary/aromatic N) is 2. The van der Waals surface area contributed by atoms with E-state index in [1.165, 1.54) is 16.1 Å². The first-order valence-corrected chi connectivity index (χ1v) is 8.84. The molecule has 0 atom stereocenters. The Balaban J connectivity index is 1.69. The van der Waals surface area contributed by atoms with Crippen LogP contribution >= 0.6 is 0 Å². The van der Waals surface area contributed by atoms with Gasteiger partial charge in [-0.1, -0.05) is 30.3 Å². The van der Waals surface area contributed by atoms with E-state index >= 15 is 0 Å². The molecular weight excluding hydrogens is 288 g/mol. The van der Waals surface area contributed by atoms with Crippen molar-refractivity contribution in [3.8, 4) is 0 Å². The molecule has 0 radical (unpaired) electrons. The van der Waals surface area contributed by atoms with Crippen LogP contribution in [0.15, 0.2) is 34.7 Å². The Morgan fingerprint density at radius 3 is 2.71 bits per heavy atom. The molecule has 2 heterocycles. The smallest absolute Gasteiger partial charge is 0.211 e. The molecule has 5 nitrogen and oxygen atoms in total. The molecule has 3 rings (SSSR count). The Morgan fingerprint density at radius 2 is 2.00 bits per heavy atom. The van der Waals surface area contributed by atoms with E-state index in [4.69, 9.17) is 4.42 Å². The highest BCUT2D eigenvalue weighted by Gasteiger charge is 2.27. The Kier molecular flexibility index (Phi) is 3.82. The number of benzene rings is 1. The van der Waals surface area contributed by atoms with Crippen LogP contribution in [0.25, 0.3) is 0 Å². The van der Waals surface area contributed by atoms with E-state index in [9.17, 15) is 8.42 Å². The maximum Gasteiger partial charge on any atom is 0.211 e. The predicted molar refractivity (Wildman–Crippen MR) is 79.3 cm³/mol. The quantitative estimate of drug-likeness (QED) is 0.864. The van der Waals surface area contributed by atoms with Crippen LogP contribution in [0.3, 0.4) is 0 Å². The van der Waals surface area contributed by atoms with Crippen molar-refractivity contribution in [2.24, 2.45) is 0 Å². The summed E-state index contributed by atoms with van der Waals surface area (Å²) in [4.78, 5) is 4.46. The van der Waals surface area contributed by atoms with E-state index < -0.39 is 10.0 Å². The minimum Gasteiger partial charge on any atom is -0.445 e. The molecule has 0 spiro atoms. The summed E-state index contributed by atoms with van der Waals surface area (Å²) in [6.45, 7) is 0.794. The first kappa shape index (κ1) is 14.3. The van der Waals surface area contributed by atoms with Crippen molar-refractivity contribution >= 4 is 10.0 Å². The average molecular weight is 306 g/mol. The van der Waals surface area contributed by atoms with Crippen LogP contribution in [0.2, 0.25) is 0 Å². The number of rotatable bonds is 4. The Labute approximate surface area is 124 Å². The highest BCUT2D eigenvalue weighted by molar-refractivity contribution is 7.88. The van der Waals surface area contributed by atoms with Crippen LogP contribution in [0.4, 0.5) is 0 Å². The van der Waals surface area contributed by atoms with Crippen LogP contribution in [-0.4, -0.2) is 30.5 Å². The normalized spacial score (nSPS) is 15.9. The fourth-order valence-electron chi connectivity index (χ4n) is 2.51. The summed E-state index contributed by atoms with van der Waals surface area (Å²) in [6, 6.07) is 10.2. The summed E-state index contributed by atoms with van der Waals surface area (Å²) < 4.78 is 30.4. The summed E-state index contributed by atoms with van der Waals surface area (Å²) >= 11 is 0. The van der Waals surface area contributed by atoms with E-state index in [-0.39, 0.29) is 0 Å². The highest BCUT2D eigenvalue weighted by atomic mass is 32.2. The van der Waals surface area contributed by atoms with Gasteiger partial charge in [0, 0.05) is 19.4 Å². The van der Waals surface area contributed by atoms with Crippen molar-refractivity contribution in [1.29, 1.82) is 0 Å². The molecule has 0 fully saturated rings. The Morgan fingerprint density at radius 1 is 1.24 bits per heavy atom. The number of aryl methyl sites for hydroxylation is 2. The molecule has 0 unspecified atom stereocenters. The molecule has 0 amide bonds. The van der Waals surface area contributed by atoms with E-state index in [0.29, 0.717) is 25.4 Å². The number of hydrogen-bond donors (Lipinski definition) is 0. The van der Waals surface area contributed by atoms with Crippen LogP contribution in [0.5, 0.6) is 0 Å². The number of sulfonamides is 1. The number of fused-ring (bicyclic) bond motifs is 1. The van der Waals surface area contributed by atoms with Gasteiger partial charge in [0.1, 0.15) is 5.76 Å². The van der Waals surface area contributed by atoms with E-state index in [2.05, 4.69) is 17.1 Å². The lowest BCUT2D eigenvalue weighted by Crippen LogP contribution is -2.34. The Hall–Kier alpha value is -1.66. The molecule has 0 saturated carbocycles. The van der Waals surface area contributed by atoms with Gasteiger partial charge in [0.25, 0.3) is 0 Å². The predicted octanol–water partition coefficient (Wildman–Crippen LogP) is 1.78. The van der Waals surface area contributed by atoms with Crippen molar-refractivity contribution in [3.05, 3.63) is 53.2 Å². The van der Waals surface area contributed by atoms with Crippen molar-refractivity contribution < 1.29 is 12.8 Å². The van der Waals surface area contributed by atoms with E-state index in [1.807, 2.05) is 18.2 Å². The molecular formula is C15H18N2O3S. The standard InChI is InChI=1S/C15H18N2O3S/c1-21(18,19)17-10-9-14-13(11-17)16-15(20-14)8-7-12-5-3-2-4-6-12/h2-6H,7-11H2,1H3. The van der Waals surface area contributed by atoms with Crippen LogP contribution < -0.4 is 0 Å². The zero-order valence-corrected chi connectivity index (χ0v) is 12.8. The molecule has 0 N–H and O–H groups in total. The minimum atomic E-state index is -3.16. The van der Waals surface area contributed by atoms with Gasteiger partial charge in [-0.2, -0.15) is 4.31 Å². The zero-order chi connectivity index (χ0) is 14.9. The van der Waals surface area contributed by atoms with Crippen molar-refractivity contribution in [2.75, 3.05) is 12.8 Å². The fraction of sp³-hybridized carbons (Fsp3) is 0.400. The van der Waals surface area contributed by atoms with E-state index in [0.717, 1.165) is 24.3 Å². The third-order valence-corrected chi connectivity index (χ3v) is 4.93. The van der Waals surface area contributed by atoms with Crippen molar-refractivity contribution in [3.63, 3.8) is 0 Å². The fourth-order valence-corrected chi connectivity index (χ4v) is 3.29. The topological polar surface area (TPSA) is 63.4 Å². The molecule has 0 bridgehead atoms. The lowest BCUT2D eigenvalue weighted by atomic mass is 10.1. The van der Waals surface area contributed by atoms with E-state index in [1.54, 1.807) is 0 Å². The maximum absolute atomic E-state index is 11.6. The summed E-state index contributed by atoms with van der Waals surface area (Å²) in [5.74, 6) is 1.53. The molecule has 0 aliphatic carbocycles. The second kappa shape index (κ2) is 5.61. The first-order chi connectivity index (χ1) is 10.0. The lowest BCUT2D eigenvalue weighted by molar-refractivity contribution is 0.358. The van der Waals surface area contributed by atoms with Gasteiger partial charge in [-0.25, -0.2) is 13.4 Å². The largest absolute Gasteiger partial charge is 0.445 e. The monoisotopic (exact) mass is 306 g/mol. The van der Waals surface area contributed by atoms with Crippen molar-refractivity contribution in [2.45, 2.75) is 25.8 Å². The van der Waals surface area contributed by atoms with Gasteiger partial charge in [0.05, 0.1) is 18.5 Å². The maximum atomic E-state index is 11.6. The van der Waals surface area contributed by atoms with Gasteiger partial charge in [0.15, 0.2) is 5.89 Å². The van der Waals surface area contributed by atoms with Gasteiger partial charge < -0.3 is 4.42 Å². The highest BCUT2D eigenvalue weighted by Crippen LogP contribution is 2.22. The lowest BCUT2D eigenvalue weighted by Gasteiger charge is -2.22.